The van der Waals surface area contributed by atoms with Gasteiger partial charge in [-0.3, -0.25) is 0 Å². The molecule has 4 saturated carbocycles. The molecular formula is C24H36O5. The van der Waals surface area contributed by atoms with Gasteiger partial charge in [0.2, 0.25) is 0 Å². The predicted octanol–water partition coefficient (Wildman–Crippen LogP) is 2.53. The highest BCUT2D eigenvalue weighted by molar-refractivity contribution is 5.30. The lowest BCUT2D eigenvalue weighted by molar-refractivity contribution is -0.235. The molecule has 4 fully saturated rings. The summed E-state index contributed by atoms with van der Waals surface area (Å²) in [6.07, 6.45) is 7.53. The van der Waals surface area contributed by atoms with Crippen molar-refractivity contribution in [3.05, 3.63) is 24.0 Å². The van der Waals surface area contributed by atoms with Crippen molar-refractivity contribution in [2.24, 2.45) is 35.0 Å². The van der Waals surface area contributed by atoms with Gasteiger partial charge >= 0.3 is 0 Å². The molecule has 0 spiro atoms. The second-order valence-electron chi connectivity index (χ2n) is 10.9. The number of allylic oxidation sites excluding steroid dienone is 1. The number of aliphatic hydroxyl groups excluding tert-OH is 2. The number of rotatable bonds is 2. The lowest BCUT2D eigenvalue weighted by Crippen LogP contribution is -2.65. The summed E-state index contributed by atoms with van der Waals surface area (Å²) >= 11 is 0. The molecule has 9 unspecified atom stereocenters. The first kappa shape index (κ1) is 20.0. The van der Waals surface area contributed by atoms with Gasteiger partial charge in [-0.15, -0.1) is 0 Å². The van der Waals surface area contributed by atoms with E-state index in [1.54, 1.807) is 0 Å². The third-order valence-corrected chi connectivity index (χ3v) is 9.79. The quantitative estimate of drug-likeness (QED) is 0.568. The molecule has 5 nitrogen and oxygen atoms in total. The van der Waals surface area contributed by atoms with Crippen LogP contribution in [0, 0.1) is 35.0 Å². The summed E-state index contributed by atoms with van der Waals surface area (Å²) in [6, 6.07) is 0. The largest absolute Gasteiger partial charge is 0.490 e. The van der Waals surface area contributed by atoms with Crippen molar-refractivity contribution in [2.75, 3.05) is 13.2 Å². The maximum absolute atomic E-state index is 12.2. The number of fused-ring (bicyclic) bond motifs is 5. The van der Waals surface area contributed by atoms with Crippen LogP contribution in [0.1, 0.15) is 58.3 Å². The van der Waals surface area contributed by atoms with Gasteiger partial charge in [0.15, 0.2) is 0 Å². The lowest BCUT2D eigenvalue weighted by atomic mass is 9.45. The molecule has 9 atom stereocenters. The molecule has 0 radical (unpaired) electrons. The van der Waals surface area contributed by atoms with Crippen molar-refractivity contribution < 1.29 is 25.2 Å². The first-order chi connectivity index (χ1) is 13.7. The van der Waals surface area contributed by atoms with Gasteiger partial charge in [-0.05, 0) is 86.2 Å². The van der Waals surface area contributed by atoms with E-state index in [4.69, 9.17) is 4.74 Å². The SMILES string of the molecule is C=C1C=C(C2CCC3(O)C4CCC5(O)CC(O)CC(CO)C5C4CCC23C)CO1. The minimum atomic E-state index is -0.909. The molecule has 162 valence electrons. The van der Waals surface area contributed by atoms with Crippen LogP contribution in [0.2, 0.25) is 0 Å². The van der Waals surface area contributed by atoms with Crippen LogP contribution in [-0.4, -0.2) is 50.9 Å². The summed E-state index contributed by atoms with van der Waals surface area (Å²) in [4.78, 5) is 0. The van der Waals surface area contributed by atoms with Crippen LogP contribution >= 0.6 is 0 Å². The summed E-state index contributed by atoms with van der Waals surface area (Å²) < 4.78 is 5.61. The summed E-state index contributed by atoms with van der Waals surface area (Å²) in [5.41, 5.74) is -0.573. The predicted molar refractivity (Wildman–Crippen MR) is 109 cm³/mol. The molecule has 0 aromatic heterocycles. The molecule has 5 rings (SSSR count). The molecule has 4 N–H and O–H groups in total. The third kappa shape index (κ3) is 2.67. The number of ether oxygens (including phenoxy) is 1. The van der Waals surface area contributed by atoms with E-state index in [0.717, 1.165) is 37.9 Å². The van der Waals surface area contributed by atoms with Gasteiger partial charge in [-0.25, -0.2) is 0 Å². The Balaban J connectivity index is 1.48. The Kier molecular flexibility index (Phi) is 4.53. The van der Waals surface area contributed by atoms with Crippen molar-refractivity contribution in [1.82, 2.24) is 0 Å². The molecule has 0 aromatic carbocycles. The highest BCUT2D eigenvalue weighted by Crippen LogP contribution is 2.68. The van der Waals surface area contributed by atoms with Crippen molar-refractivity contribution in [1.29, 1.82) is 0 Å². The maximum Gasteiger partial charge on any atom is 0.112 e. The van der Waals surface area contributed by atoms with E-state index in [9.17, 15) is 20.4 Å². The van der Waals surface area contributed by atoms with Gasteiger partial charge in [-0.2, -0.15) is 0 Å². The molecule has 4 aliphatic carbocycles. The van der Waals surface area contributed by atoms with E-state index in [-0.39, 0.29) is 35.7 Å². The Morgan fingerprint density at radius 3 is 2.66 bits per heavy atom. The topological polar surface area (TPSA) is 90.2 Å². The van der Waals surface area contributed by atoms with Crippen molar-refractivity contribution >= 4 is 0 Å². The molecular weight excluding hydrogens is 368 g/mol. The zero-order chi connectivity index (χ0) is 20.6. The average molecular weight is 405 g/mol. The molecule has 0 amide bonds. The van der Waals surface area contributed by atoms with Gasteiger partial charge in [-0.1, -0.05) is 13.5 Å². The summed E-state index contributed by atoms with van der Waals surface area (Å²) in [5, 5.41) is 44.0. The van der Waals surface area contributed by atoms with Crippen LogP contribution in [0.3, 0.4) is 0 Å². The molecule has 5 heteroatoms. The Labute approximate surface area is 173 Å². The third-order valence-electron chi connectivity index (χ3n) is 9.79. The second-order valence-corrected chi connectivity index (χ2v) is 10.9. The van der Waals surface area contributed by atoms with E-state index in [1.165, 1.54) is 5.57 Å². The van der Waals surface area contributed by atoms with Gasteiger partial charge in [0.1, 0.15) is 12.4 Å². The van der Waals surface area contributed by atoms with Gasteiger partial charge < -0.3 is 25.2 Å². The summed E-state index contributed by atoms with van der Waals surface area (Å²) in [6.45, 7) is 6.78. The number of hydrogen-bond acceptors (Lipinski definition) is 5. The van der Waals surface area contributed by atoms with Gasteiger partial charge in [0.05, 0.1) is 17.3 Å². The first-order valence-electron chi connectivity index (χ1n) is 11.5. The van der Waals surface area contributed by atoms with Gasteiger partial charge in [0.25, 0.3) is 0 Å². The van der Waals surface area contributed by atoms with Crippen molar-refractivity contribution in [3.63, 3.8) is 0 Å². The van der Waals surface area contributed by atoms with Crippen LogP contribution in [-0.2, 0) is 4.74 Å². The monoisotopic (exact) mass is 404 g/mol. The first-order valence-corrected chi connectivity index (χ1v) is 11.5. The molecule has 1 heterocycles. The fourth-order valence-electron chi connectivity index (χ4n) is 8.61. The van der Waals surface area contributed by atoms with Crippen LogP contribution in [0.4, 0.5) is 0 Å². The zero-order valence-electron chi connectivity index (χ0n) is 17.5. The fraction of sp³-hybridized carbons (Fsp3) is 0.833. The molecule has 0 bridgehead atoms. The summed E-state index contributed by atoms with van der Waals surface area (Å²) in [7, 11) is 0. The standard InChI is InChI=1S/C24H36O5/c1-14-9-16(13-29-14)19-5-8-24(28)20-4-7-23(27)11-17(26)10-15(12-25)21(23)18(20)3-6-22(19,24)2/h9,15,17-21,25-28H,1,3-8,10-13H2,2H3. The normalized spacial score (nSPS) is 54.2. The smallest absolute Gasteiger partial charge is 0.112 e. The lowest BCUT2D eigenvalue weighted by Gasteiger charge is -2.63. The Hall–Kier alpha value is -0.880. The average Bonchev–Trinajstić information content (AvgIpc) is 3.20. The fourth-order valence-corrected chi connectivity index (χ4v) is 8.61. The van der Waals surface area contributed by atoms with Crippen LogP contribution in [0.15, 0.2) is 24.0 Å². The van der Waals surface area contributed by atoms with Crippen LogP contribution in [0.25, 0.3) is 0 Å². The van der Waals surface area contributed by atoms with E-state index >= 15 is 0 Å². The van der Waals surface area contributed by atoms with E-state index < -0.39 is 17.3 Å². The zero-order valence-corrected chi connectivity index (χ0v) is 17.5. The molecule has 0 aromatic rings. The Morgan fingerprint density at radius 1 is 1.17 bits per heavy atom. The van der Waals surface area contributed by atoms with Crippen LogP contribution < -0.4 is 0 Å². The molecule has 29 heavy (non-hydrogen) atoms. The molecule has 5 aliphatic rings. The van der Waals surface area contributed by atoms with E-state index in [2.05, 4.69) is 19.6 Å². The Bertz CT molecular complexity index is 733. The van der Waals surface area contributed by atoms with Gasteiger partial charge in [0, 0.05) is 18.4 Å². The van der Waals surface area contributed by atoms with Crippen molar-refractivity contribution in [2.45, 2.75) is 75.6 Å². The second kappa shape index (κ2) is 6.56. The maximum atomic E-state index is 12.2. The Morgan fingerprint density at radius 2 is 1.97 bits per heavy atom. The molecule has 0 saturated heterocycles. The van der Waals surface area contributed by atoms with E-state index in [0.29, 0.717) is 31.8 Å². The highest BCUT2D eigenvalue weighted by atomic mass is 16.5. The minimum Gasteiger partial charge on any atom is -0.490 e. The minimum absolute atomic E-state index is 0.00207. The number of hydrogen-bond donors (Lipinski definition) is 4. The summed E-state index contributed by atoms with van der Waals surface area (Å²) in [5.74, 6) is 1.27. The molecule has 1 aliphatic heterocycles. The van der Waals surface area contributed by atoms with Crippen LogP contribution in [0.5, 0.6) is 0 Å². The van der Waals surface area contributed by atoms with Crippen molar-refractivity contribution in [3.8, 4) is 0 Å². The number of aliphatic hydroxyl groups is 4. The highest BCUT2D eigenvalue weighted by Gasteiger charge is 2.68. The van der Waals surface area contributed by atoms with E-state index in [1.807, 2.05) is 0 Å².